The van der Waals surface area contributed by atoms with E-state index in [-0.39, 0.29) is 5.91 Å². The van der Waals surface area contributed by atoms with Crippen LogP contribution in [0.25, 0.3) is 22.9 Å². The van der Waals surface area contributed by atoms with Crippen molar-refractivity contribution < 1.29 is 9.21 Å². The zero-order valence-electron chi connectivity index (χ0n) is 16.1. The summed E-state index contributed by atoms with van der Waals surface area (Å²) in [7, 11) is 0. The number of halogens is 1. The fraction of sp³-hybridized carbons (Fsp3) is 0.0870. The first-order chi connectivity index (χ1) is 14.6. The van der Waals surface area contributed by atoms with Crippen LogP contribution in [0.15, 0.2) is 82.1 Å². The lowest BCUT2D eigenvalue weighted by Gasteiger charge is -2.06. The summed E-state index contributed by atoms with van der Waals surface area (Å²) in [6.07, 6.45) is 0. The third kappa shape index (κ3) is 5.09. The van der Waals surface area contributed by atoms with Crippen molar-refractivity contribution in [1.82, 2.24) is 10.2 Å². The Morgan fingerprint density at radius 2 is 1.63 bits per heavy atom. The maximum atomic E-state index is 12.3. The fourth-order valence-electron chi connectivity index (χ4n) is 2.84. The molecule has 4 rings (SSSR count). The molecular formula is C23H18ClN3O2S. The van der Waals surface area contributed by atoms with Crippen LogP contribution in [-0.4, -0.2) is 21.9 Å². The standard InChI is InChI=1S/C23H18ClN3O2S/c1-15-4-2-5-16(12-15)22-26-27-23(29-22)17-6-3-7-19(13-17)25-21(28)14-30-20-10-8-18(24)9-11-20/h2-13H,14H2,1H3,(H,25,28). The molecule has 1 aromatic heterocycles. The molecule has 0 saturated heterocycles. The fourth-order valence-corrected chi connectivity index (χ4v) is 3.67. The van der Waals surface area contributed by atoms with Crippen molar-refractivity contribution in [3.05, 3.63) is 83.4 Å². The first kappa shape index (κ1) is 20.2. The van der Waals surface area contributed by atoms with Gasteiger partial charge in [0.2, 0.25) is 17.7 Å². The summed E-state index contributed by atoms with van der Waals surface area (Å²) in [5.74, 6) is 1.06. The van der Waals surface area contributed by atoms with E-state index in [9.17, 15) is 4.79 Å². The SMILES string of the molecule is Cc1cccc(-c2nnc(-c3cccc(NC(=O)CSc4ccc(Cl)cc4)c3)o2)c1. The van der Waals surface area contributed by atoms with Crippen molar-refractivity contribution in [2.75, 3.05) is 11.1 Å². The van der Waals surface area contributed by atoms with Crippen LogP contribution >= 0.6 is 23.4 Å². The Kier molecular flexibility index (Phi) is 6.16. The maximum Gasteiger partial charge on any atom is 0.248 e. The molecule has 0 bridgehead atoms. The molecule has 1 heterocycles. The maximum absolute atomic E-state index is 12.3. The van der Waals surface area contributed by atoms with Crippen LogP contribution in [0.3, 0.4) is 0 Å². The second-order valence-corrected chi connectivity index (χ2v) is 8.14. The first-order valence-electron chi connectivity index (χ1n) is 9.26. The van der Waals surface area contributed by atoms with Crippen LogP contribution in [0.4, 0.5) is 5.69 Å². The van der Waals surface area contributed by atoms with Crippen molar-refractivity contribution in [2.45, 2.75) is 11.8 Å². The van der Waals surface area contributed by atoms with Crippen molar-refractivity contribution in [3.8, 4) is 22.9 Å². The average molecular weight is 436 g/mol. The van der Waals surface area contributed by atoms with E-state index in [0.29, 0.717) is 28.2 Å². The topological polar surface area (TPSA) is 68.0 Å². The number of amides is 1. The number of hydrogen-bond donors (Lipinski definition) is 1. The van der Waals surface area contributed by atoms with Crippen LogP contribution in [0.1, 0.15) is 5.56 Å². The van der Waals surface area contributed by atoms with Gasteiger partial charge in [-0.05, 0) is 61.5 Å². The number of nitrogens with one attached hydrogen (secondary N) is 1. The Balaban J connectivity index is 1.42. The summed E-state index contributed by atoms with van der Waals surface area (Å²) in [5, 5.41) is 11.9. The highest BCUT2D eigenvalue weighted by molar-refractivity contribution is 8.00. The average Bonchev–Trinajstić information content (AvgIpc) is 3.24. The number of thioether (sulfide) groups is 1. The van der Waals surface area contributed by atoms with Crippen molar-refractivity contribution in [2.24, 2.45) is 0 Å². The molecule has 0 atom stereocenters. The van der Waals surface area contributed by atoms with Gasteiger partial charge in [-0.15, -0.1) is 22.0 Å². The molecule has 3 aromatic carbocycles. The van der Waals surface area contributed by atoms with E-state index in [1.165, 1.54) is 11.8 Å². The highest BCUT2D eigenvalue weighted by atomic mass is 35.5. The predicted molar refractivity (Wildman–Crippen MR) is 121 cm³/mol. The van der Waals surface area contributed by atoms with E-state index in [4.69, 9.17) is 16.0 Å². The molecule has 0 spiro atoms. The number of anilines is 1. The van der Waals surface area contributed by atoms with Gasteiger partial charge in [0.25, 0.3) is 0 Å². The summed E-state index contributed by atoms with van der Waals surface area (Å²) in [4.78, 5) is 13.3. The third-order valence-corrected chi connectivity index (χ3v) is 5.53. The van der Waals surface area contributed by atoms with Gasteiger partial charge in [0.1, 0.15) is 0 Å². The number of carbonyl (C=O) groups is 1. The molecule has 0 aliphatic rings. The number of benzene rings is 3. The van der Waals surface area contributed by atoms with Gasteiger partial charge in [0.05, 0.1) is 5.75 Å². The predicted octanol–water partition coefficient (Wildman–Crippen LogP) is 6.10. The van der Waals surface area contributed by atoms with Crippen LogP contribution in [-0.2, 0) is 4.79 Å². The van der Waals surface area contributed by atoms with Crippen LogP contribution in [0.5, 0.6) is 0 Å². The van der Waals surface area contributed by atoms with Crippen molar-refractivity contribution in [1.29, 1.82) is 0 Å². The number of rotatable bonds is 6. The molecule has 0 aliphatic heterocycles. The minimum atomic E-state index is -0.0990. The Hall–Kier alpha value is -3.09. The van der Waals surface area contributed by atoms with Gasteiger partial charge in [-0.3, -0.25) is 4.79 Å². The van der Waals surface area contributed by atoms with Gasteiger partial charge in [-0.25, -0.2) is 0 Å². The zero-order valence-corrected chi connectivity index (χ0v) is 17.7. The number of aromatic nitrogens is 2. The molecule has 1 N–H and O–H groups in total. The van der Waals surface area contributed by atoms with Gasteiger partial charge >= 0.3 is 0 Å². The number of hydrogen-bond acceptors (Lipinski definition) is 5. The molecular weight excluding hydrogens is 418 g/mol. The highest BCUT2D eigenvalue weighted by Crippen LogP contribution is 2.26. The Morgan fingerprint density at radius 1 is 0.967 bits per heavy atom. The lowest BCUT2D eigenvalue weighted by Crippen LogP contribution is -2.13. The molecule has 1 amide bonds. The van der Waals surface area contributed by atoms with Crippen molar-refractivity contribution in [3.63, 3.8) is 0 Å². The van der Waals surface area contributed by atoms with E-state index in [1.54, 1.807) is 12.1 Å². The van der Waals surface area contributed by atoms with Gasteiger partial charge in [0, 0.05) is 26.7 Å². The minimum Gasteiger partial charge on any atom is -0.416 e. The van der Waals surface area contributed by atoms with Gasteiger partial charge < -0.3 is 9.73 Å². The van der Waals surface area contributed by atoms with Crippen LogP contribution < -0.4 is 5.32 Å². The van der Waals surface area contributed by atoms with E-state index in [2.05, 4.69) is 15.5 Å². The lowest BCUT2D eigenvalue weighted by molar-refractivity contribution is -0.113. The molecule has 4 aromatic rings. The number of aryl methyl sites for hydroxylation is 1. The van der Waals surface area contributed by atoms with Gasteiger partial charge in [-0.2, -0.15) is 0 Å². The third-order valence-electron chi connectivity index (χ3n) is 4.27. The highest BCUT2D eigenvalue weighted by Gasteiger charge is 2.12. The van der Waals surface area contributed by atoms with E-state index < -0.39 is 0 Å². The lowest BCUT2D eigenvalue weighted by atomic mass is 10.1. The first-order valence-corrected chi connectivity index (χ1v) is 10.6. The van der Waals surface area contributed by atoms with Crippen LogP contribution in [0, 0.1) is 6.92 Å². The second kappa shape index (κ2) is 9.15. The summed E-state index contributed by atoms with van der Waals surface area (Å²) in [5.41, 5.74) is 3.40. The Morgan fingerprint density at radius 3 is 2.33 bits per heavy atom. The number of nitrogens with zero attached hydrogens (tertiary/aromatic N) is 2. The molecule has 0 fully saturated rings. The van der Waals surface area contributed by atoms with Crippen molar-refractivity contribution >= 4 is 35.0 Å². The summed E-state index contributed by atoms with van der Waals surface area (Å²) >= 11 is 7.33. The zero-order chi connectivity index (χ0) is 20.9. The molecule has 0 radical (unpaired) electrons. The van der Waals surface area contributed by atoms with E-state index in [1.807, 2.05) is 67.6 Å². The normalized spacial score (nSPS) is 10.7. The van der Waals surface area contributed by atoms with Gasteiger partial charge in [-0.1, -0.05) is 35.4 Å². The molecule has 7 heteroatoms. The Bertz CT molecular complexity index is 1180. The number of carbonyl (C=O) groups excluding carboxylic acids is 1. The largest absolute Gasteiger partial charge is 0.416 e. The monoisotopic (exact) mass is 435 g/mol. The smallest absolute Gasteiger partial charge is 0.248 e. The molecule has 150 valence electrons. The molecule has 30 heavy (non-hydrogen) atoms. The quantitative estimate of drug-likeness (QED) is 0.371. The minimum absolute atomic E-state index is 0.0990. The summed E-state index contributed by atoms with van der Waals surface area (Å²) < 4.78 is 5.84. The second-order valence-electron chi connectivity index (χ2n) is 6.65. The summed E-state index contributed by atoms with van der Waals surface area (Å²) in [6, 6.07) is 22.6. The Labute approximate surface area is 183 Å². The molecule has 0 unspecified atom stereocenters. The van der Waals surface area contributed by atoms with Crippen LogP contribution in [0.2, 0.25) is 5.02 Å². The molecule has 0 aliphatic carbocycles. The molecule has 5 nitrogen and oxygen atoms in total. The molecule has 0 saturated carbocycles. The van der Waals surface area contributed by atoms with E-state index >= 15 is 0 Å². The summed E-state index contributed by atoms with van der Waals surface area (Å²) in [6.45, 7) is 2.01. The van der Waals surface area contributed by atoms with E-state index in [0.717, 1.165) is 21.6 Å². The van der Waals surface area contributed by atoms with Gasteiger partial charge in [0.15, 0.2) is 0 Å².